The summed E-state index contributed by atoms with van der Waals surface area (Å²) in [6, 6.07) is 12.6. The van der Waals surface area contributed by atoms with Crippen LogP contribution in [0.1, 0.15) is 51.0 Å². The van der Waals surface area contributed by atoms with Gasteiger partial charge in [-0.15, -0.1) is 0 Å². The Morgan fingerprint density at radius 3 is 2.79 bits per heavy atom. The second-order valence-corrected chi connectivity index (χ2v) is 6.95. The van der Waals surface area contributed by atoms with Gasteiger partial charge in [-0.05, 0) is 38.2 Å². The number of benzene rings is 1. The van der Waals surface area contributed by atoms with Gasteiger partial charge < -0.3 is 4.74 Å². The largest absolute Gasteiger partial charge is 0.465 e. The molecule has 2 fully saturated rings. The van der Waals surface area contributed by atoms with Crippen molar-refractivity contribution in [3.63, 3.8) is 0 Å². The third kappa shape index (κ3) is 3.06. The van der Waals surface area contributed by atoms with Gasteiger partial charge >= 0.3 is 5.97 Å². The molecule has 3 atom stereocenters. The molecule has 4 heteroatoms. The van der Waals surface area contributed by atoms with Crippen molar-refractivity contribution in [2.75, 3.05) is 6.61 Å². The molecule has 128 valence electrons. The van der Waals surface area contributed by atoms with Crippen LogP contribution in [0.4, 0.5) is 0 Å². The molecule has 1 aliphatic heterocycles. The van der Waals surface area contributed by atoms with E-state index in [1.807, 2.05) is 25.1 Å². The SMILES string of the molecule is CCOC(=O)[C@H]1CC[C@]2(CCCCC2C#N)N1Cc1ccccc1. The van der Waals surface area contributed by atoms with E-state index < -0.39 is 0 Å². The summed E-state index contributed by atoms with van der Waals surface area (Å²) in [6.45, 7) is 2.97. The Kier molecular flexibility index (Phi) is 5.20. The fraction of sp³-hybridized carbons (Fsp3) is 0.600. The van der Waals surface area contributed by atoms with E-state index in [0.717, 1.165) is 38.5 Å². The smallest absolute Gasteiger partial charge is 0.323 e. The lowest BCUT2D eigenvalue weighted by atomic mass is 9.71. The number of ether oxygens (including phenoxy) is 1. The van der Waals surface area contributed by atoms with Gasteiger partial charge in [0.05, 0.1) is 18.6 Å². The summed E-state index contributed by atoms with van der Waals surface area (Å²) < 4.78 is 5.33. The first-order valence-corrected chi connectivity index (χ1v) is 9.08. The van der Waals surface area contributed by atoms with Gasteiger partial charge in [-0.1, -0.05) is 43.2 Å². The molecule has 1 spiro atoms. The molecule has 0 radical (unpaired) electrons. The van der Waals surface area contributed by atoms with Crippen LogP contribution in [0.15, 0.2) is 30.3 Å². The lowest BCUT2D eigenvalue weighted by Crippen LogP contribution is -2.54. The maximum absolute atomic E-state index is 12.5. The van der Waals surface area contributed by atoms with Crippen LogP contribution >= 0.6 is 0 Å². The molecule has 1 saturated carbocycles. The summed E-state index contributed by atoms with van der Waals surface area (Å²) >= 11 is 0. The molecule has 1 unspecified atom stereocenters. The van der Waals surface area contributed by atoms with Crippen LogP contribution in [0.2, 0.25) is 0 Å². The summed E-state index contributed by atoms with van der Waals surface area (Å²) in [6.07, 6.45) is 5.92. The Hall–Kier alpha value is -1.86. The van der Waals surface area contributed by atoms with Gasteiger partial charge in [-0.3, -0.25) is 9.69 Å². The van der Waals surface area contributed by atoms with Gasteiger partial charge in [-0.25, -0.2) is 0 Å². The molecule has 0 amide bonds. The molecule has 2 aliphatic rings. The van der Waals surface area contributed by atoms with Gasteiger partial charge in [0.1, 0.15) is 6.04 Å². The molecule has 0 aromatic heterocycles. The summed E-state index contributed by atoms with van der Waals surface area (Å²) in [5.74, 6) is -0.123. The summed E-state index contributed by atoms with van der Waals surface area (Å²) in [5, 5.41) is 9.74. The highest BCUT2D eigenvalue weighted by molar-refractivity contribution is 5.76. The summed E-state index contributed by atoms with van der Waals surface area (Å²) in [7, 11) is 0. The van der Waals surface area contributed by atoms with Crippen LogP contribution in [0.3, 0.4) is 0 Å². The first-order valence-electron chi connectivity index (χ1n) is 9.08. The molecule has 0 bridgehead atoms. The molecule has 1 heterocycles. The fourth-order valence-corrected chi connectivity index (χ4v) is 4.58. The quantitative estimate of drug-likeness (QED) is 0.792. The molecule has 1 aromatic rings. The van der Waals surface area contributed by atoms with Crippen molar-refractivity contribution in [1.29, 1.82) is 5.26 Å². The van der Waals surface area contributed by atoms with Crippen molar-refractivity contribution in [3.05, 3.63) is 35.9 Å². The maximum atomic E-state index is 12.5. The number of likely N-dealkylation sites (tertiary alicyclic amines) is 1. The Morgan fingerprint density at radius 2 is 2.08 bits per heavy atom. The van der Waals surface area contributed by atoms with E-state index in [9.17, 15) is 10.1 Å². The van der Waals surface area contributed by atoms with E-state index in [-0.39, 0.29) is 23.5 Å². The monoisotopic (exact) mass is 326 g/mol. The molecule has 4 nitrogen and oxygen atoms in total. The van der Waals surface area contributed by atoms with E-state index >= 15 is 0 Å². The summed E-state index contributed by atoms with van der Waals surface area (Å²) in [5.41, 5.74) is 1.02. The van der Waals surface area contributed by atoms with Crippen molar-refractivity contribution >= 4 is 5.97 Å². The van der Waals surface area contributed by atoms with Crippen LogP contribution in [0.5, 0.6) is 0 Å². The number of esters is 1. The van der Waals surface area contributed by atoms with E-state index in [4.69, 9.17) is 4.74 Å². The van der Waals surface area contributed by atoms with Crippen LogP contribution in [-0.2, 0) is 16.1 Å². The first kappa shape index (κ1) is 17.0. The third-order valence-corrected chi connectivity index (χ3v) is 5.71. The Bertz CT molecular complexity index is 610. The number of rotatable bonds is 4. The average Bonchev–Trinajstić information content (AvgIpc) is 2.95. The fourth-order valence-electron chi connectivity index (χ4n) is 4.58. The normalized spacial score (nSPS) is 30.2. The van der Waals surface area contributed by atoms with E-state index in [1.54, 1.807) is 0 Å². The molecule has 3 rings (SSSR count). The van der Waals surface area contributed by atoms with Gasteiger partial charge in [-0.2, -0.15) is 5.26 Å². The van der Waals surface area contributed by atoms with E-state index in [1.165, 1.54) is 5.56 Å². The Morgan fingerprint density at radius 1 is 1.29 bits per heavy atom. The topological polar surface area (TPSA) is 53.3 Å². The van der Waals surface area contributed by atoms with E-state index in [0.29, 0.717) is 13.2 Å². The number of nitrogens with zero attached hydrogens (tertiary/aromatic N) is 2. The van der Waals surface area contributed by atoms with Gasteiger partial charge in [0.2, 0.25) is 0 Å². The van der Waals surface area contributed by atoms with Gasteiger partial charge in [0, 0.05) is 12.1 Å². The lowest BCUT2D eigenvalue weighted by molar-refractivity contribution is -0.151. The van der Waals surface area contributed by atoms with Gasteiger partial charge in [0.25, 0.3) is 0 Å². The minimum atomic E-state index is -0.223. The molecule has 1 aliphatic carbocycles. The zero-order valence-electron chi connectivity index (χ0n) is 14.4. The number of nitriles is 1. The van der Waals surface area contributed by atoms with Crippen molar-refractivity contribution in [3.8, 4) is 6.07 Å². The molecule has 24 heavy (non-hydrogen) atoms. The van der Waals surface area contributed by atoms with Gasteiger partial charge in [0.15, 0.2) is 0 Å². The molecular formula is C20H26N2O2. The minimum Gasteiger partial charge on any atom is -0.465 e. The lowest BCUT2D eigenvalue weighted by Gasteiger charge is -2.46. The van der Waals surface area contributed by atoms with Crippen LogP contribution in [0.25, 0.3) is 0 Å². The van der Waals surface area contributed by atoms with Crippen LogP contribution in [-0.4, -0.2) is 29.1 Å². The van der Waals surface area contributed by atoms with Crippen LogP contribution < -0.4 is 0 Å². The minimum absolute atomic E-state index is 0.00869. The highest BCUT2D eigenvalue weighted by Crippen LogP contribution is 2.48. The Balaban J connectivity index is 1.92. The first-order chi connectivity index (χ1) is 11.7. The van der Waals surface area contributed by atoms with Crippen molar-refractivity contribution in [2.45, 2.75) is 63.6 Å². The van der Waals surface area contributed by atoms with Crippen LogP contribution in [0, 0.1) is 17.2 Å². The zero-order valence-corrected chi connectivity index (χ0v) is 14.4. The number of carbonyl (C=O) groups excluding carboxylic acids is 1. The van der Waals surface area contributed by atoms with E-state index in [2.05, 4.69) is 23.1 Å². The molecule has 1 saturated heterocycles. The zero-order chi connectivity index (χ0) is 17.0. The van der Waals surface area contributed by atoms with Crippen molar-refractivity contribution < 1.29 is 9.53 Å². The number of carbonyl (C=O) groups is 1. The molecule has 1 aromatic carbocycles. The second-order valence-electron chi connectivity index (χ2n) is 6.95. The number of hydrogen-bond acceptors (Lipinski definition) is 4. The highest BCUT2D eigenvalue weighted by atomic mass is 16.5. The standard InChI is InChI=1S/C20H26N2O2/c1-2-24-19(23)18-11-13-20(12-7-6-10-17(20)14-21)22(18)15-16-8-4-3-5-9-16/h3-5,8-9,17-18H,2,6-7,10-13,15H2,1H3/t17?,18-,20+/m1/s1. The average molecular weight is 326 g/mol. The van der Waals surface area contributed by atoms with Crippen molar-refractivity contribution in [1.82, 2.24) is 4.90 Å². The maximum Gasteiger partial charge on any atom is 0.323 e. The molecule has 0 N–H and O–H groups in total. The van der Waals surface area contributed by atoms with Crippen molar-refractivity contribution in [2.24, 2.45) is 5.92 Å². The summed E-state index contributed by atoms with van der Waals surface area (Å²) in [4.78, 5) is 14.8. The second kappa shape index (κ2) is 7.36. The third-order valence-electron chi connectivity index (χ3n) is 5.71. The predicted molar refractivity (Wildman–Crippen MR) is 91.9 cm³/mol. The number of hydrogen-bond donors (Lipinski definition) is 0. The highest BCUT2D eigenvalue weighted by Gasteiger charge is 2.54. The Labute approximate surface area is 144 Å². The predicted octanol–water partition coefficient (Wildman–Crippen LogP) is 3.67. The molecular weight excluding hydrogens is 300 g/mol.